The molecule has 1 heterocycles. The minimum absolute atomic E-state index is 0.0196. The number of hydrogen-bond donors (Lipinski definition) is 3. The minimum Gasteiger partial charge on any atom is -0.331 e. The Morgan fingerprint density at radius 2 is 1.77 bits per heavy atom. The van der Waals surface area contributed by atoms with Crippen LogP contribution >= 0.6 is 12.2 Å². The largest absolute Gasteiger partial charge is 0.331 e. The molecule has 9 heteroatoms. The van der Waals surface area contributed by atoms with Gasteiger partial charge in [-0.05, 0) is 44.3 Å². The molecule has 3 N–H and O–H groups in total. The highest BCUT2D eigenvalue weighted by Gasteiger charge is 2.05. The molecule has 0 unspecified atom stereocenters. The Labute approximate surface area is 132 Å². The number of hydrazine groups is 1. The first-order valence-corrected chi connectivity index (χ1v) is 6.74. The van der Waals surface area contributed by atoms with Gasteiger partial charge in [0, 0.05) is 29.2 Å². The lowest BCUT2D eigenvalue weighted by Gasteiger charge is -2.12. The number of aryl methyl sites for hydroxylation is 2. The predicted octanol–water partition coefficient (Wildman–Crippen LogP) is 2.32. The molecule has 0 saturated heterocycles. The van der Waals surface area contributed by atoms with Crippen LogP contribution in [0.4, 0.5) is 17.3 Å². The van der Waals surface area contributed by atoms with Gasteiger partial charge in [-0.3, -0.25) is 21.0 Å². The number of aromatic nitrogens is 2. The molecule has 0 atom stereocenters. The molecule has 8 nitrogen and oxygen atoms in total. The first-order chi connectivity index (χ1) is 10.4. The summed E-state index contributed by atoms with van der Waals surface area (Å²) in [4.78, 5) is 18.5. The smallest absolute Gasteiger partial charge is 0.269 e. The van der Waals surface area contributed by atoms with E-state index in [1.807, 2.05) is 19.9 Å². The van der Waals surface area contributed by atoms with E-state index in [0.717, 1.165) is 11.4 Å². The van der Waals surface area contributed by atoms with Crippen LogP contribution in [0.25, 0.3) is 0 Å². The van der Waals surface area contributed by atoms with Gasteiger partial charge < -0.3 is 5.32 Å². The lowest BCUT2D eigenvalue weighted by atomic mass is 10.3. The Morgan fingerprint density at radius 3 is 2.32 bits per heavy atom. The summed E-state index contributed by atoms with van der Waals surface area (Å²) in [6, 6.07) is 7.79. The molecule has 1 aromatic heterocycles. The Balaban J connectivity index is 1.91. The van der Waals surface area contributed by atoms with Gasteiger partial charge in [0.2, 0.25) is 5.95 Å². The standard InChI is InChI=1S/C13H14N6O2S/c1-8-7-9(2)15-12(14-8)17-18-13(22)16-10-3-5-11(6-4-10)19(20)21/h3-7H,1-2H3,(H,14,15,17)(H2,16,18,22). The fourth-order valence-corrected chi connectivity index (χ4v) is 1.89. The molecule has 22 heavy (non-hydrogen) atoms. The maximum absolute atomic E-state index is 10.6. The van der Waals surface area contributed by atoms with Crippen molar-refractivity contribution in [2.75, 3.05) is 10.7 Å². The Morgan fingerprint density at radius 1 is 1.18 bits per heavy atom. The van der Waals surface area contributed by atoms with E-state index in [2.05, 4.69) is 26.1 Å². The average Bonchev–Trinajstić information content (AvgIpc) is 2.45. The molecule has 0 amide bonds. The normalized spacial score (nSPS) is 9.91. The Hall–Kier alpha value is -2.81. The monoisotopic (exact) mass is 318 g/mol. The first-order valence-electron chi connectivity index (χ1n) is 6.34. The number of nitro groups is 1. The van der Waals surface area contributed by atoms with Crippen LogP contribution < -0.4 is 16.2 Å². The molecule has 0 saturated carbocycles. The van der Waals surface area contributed by atoms with Crippen molar-refractivity contribution in [1.82, 2.24) is 15.4 Å². The molecule has 0 spiro atoms. The van der Waals surface area contributed by atoms with Crippen molar-refractivity contribution in [2.24, 2.45) is 0 Å². The highest BCUT2D eigenvalue weighted by Crippen LogP contribution is 2.15. The van der Waals surface area contributed by atoms with Crippen LogP contribution in [0, 0.1) is 24.0 Å². The van der Waals surface area contributed by atoms with Crippen molar-refractivity contribution in [3.63, 3.8) is 0 Å². The maximum atomic E-state index is 10.6. The van der Waals surface area contributed by atoms with Crippen LogP contribution in [-0.2, 0) is 0 Å². The van der Waals surface area contributed by atoms with E-state index in [-0.39, 0.29) is 10.8 Å². The molecular formula is C13H14N6O2S. The van der Waals surface area contributed by atoms with Gasteiger partial charge in [0.1, 0.15) is 0 Å². The van der Waals surface area contributed by atoms with Gasteiger partial charge in [-0.15, -0.1) is 0 Å². The molecule has 0 radical (unpaired) electrons. The molecule has 0 bridgehead atoms. The van der Waals surface area contributed by atoms with E-state index in [0.29, 0.717) is 11.6 Å². The van der Waals surface area contributed by atoms with Gasteiger partial charge in [0.15, 0.2) is 5.11 Å². The Kier molecular flexibility index (Phi) is 4.79. The van der Waals surface area contributed by atoms with Gasteiger partial charge in [0.25, 0.3) is 5.69 Å². The second-order valence-electron chi connectivity index (χ2n) is 4.48. The van der Waals surface area contributed by atoms with Crippen molar-refractivity contribution < 1.29 is 4.92 Å². The zero-order valence-electron chi connectivity index (χ0n) is 12.0. The van der Waals surface area contributed by atoms with Gasteiger partial charge in [0.05, 0.1) is 4.92 Å². The van der Waals surface area contributed by atoms with Crippen molar-refractivity contribution >= 4 is 34.7 Å². The summed E-state index contributed by atoms with van der Waals surface area (Å²) in [6.07, 6.45) is 0. The van der Waals surface area contributed by atoms with Crippen LogP contribution in [0.3, 0.4) is 0 Å². The summed E-state index contributed by atoms with van der Waals surface area (Å²) >= 11 is 5.11. The third-order valence-electron chi connectivity index (χ3n) is 2.61. The second kappa shape index (κ2) is 6.76. The van der Waals surface area contributed by atoms with Crippen molar-refractivity contribution in [3.05, 3.63) is 51.8 Å². The number of thiocarbonyl (C=S) groups is 1. The van der Waals surface area contributed by atoms with Crippen LogP contribution in [-0.4, -0.2) is 20.0 Å². The summed E-state index contributed by atoms with van der Waals surface area (Å²) in [6.45, 7) is 3.74. The highest BCUT2D eigenvalue weighted by atomic mass is 32.1. The van der Waals surface area contributed by atoms with Gasteiger partial charge in [-0.2, -0.15) is 0 Å². The van der Waals surface area contributed by atoms with Gasteiger partial charge in [-0.25, -0.2) is 9.97 Å². The van der Waals surface area contributed by atoms with Crippen LogP contribution in [0.15, 0.2) is 30.3 Å². The third-order valence-corrected chi connectivity index (χ3v) is 2.81. The fraction of sp³-hybridized carbons (Fsp3) is 0.154. The number of nitrogens with zero attached hydrogens (tertiary/aromatic N) is 3. The van der Waals surface area contributed by atoms with E-state index in [4.69, 9.17) is 12.2 Å². The van der Waals surface area contributed by atoms with E-state index in [9.17, 15) is 10.1 Å². The van der Waals surface area contributed by atoms with E-state index >= 15 is 0 Å². The summed E-state index contributed by atoms with van der Waals surface area (Å²) < 4.78 is 0. The predicted molar refractivity (Wildman–Crippen MR) is 87.6 cm³/mol. The van der Waals surface area contributed by atoms with Gasteiger partial charge >= 0.3 is 0 Å². The SMILES string of the molecule is Cc1cc(C)nc(NNC(=S)Nc2ccc([N+](=O)[O-])cc2)n1. The summed E-state index contributed by atoms with van der Waals surface area (Å²) in [5, 5.41) is 13.7. The zero-order chi connectivity index (χ0) is 16.1. The fourth-order valence-electron chi connectivity index (χ4n) is 1.72. The maximum Gasteiger partial charge on any atom is 0.269 e. The molecule has 114 valence electrons. The molecule has 0 fully saturated rings. The molecular weight excluding hydrogens is 304 g/mol. The molecule has 2 aromatic rings. The van der Waals surface area contributed by atoms with Crippen molar-refractivity contribution in [2.45, 2.75) is 13.8 Å². The topological polar surface area (TPSA) is 105 Å². The quantitative estimate of drug-likeness (QED) is 0.448. The highest BCUT2D eigenvalue weighted by molar-refractivity contribution is 7.80. The summed E-state index contributed by atoms with van der Waals surface area (Å²) in [7, 11) is 0. The third kappa shape index (κ3) is 4.35. The summed E-state index contributed by atoms with van der Waals surface area (Å²) in [5.74, 6) is 0.408. The minimum atomic E-state index is -0.459. The van der Waals surface area contributed by atoms with Crippen LogP contribution in [0.1, 0.15) is 11.4 Å². The first kappa shape index (κ1) is 15.6. The number of hydrogen-bond acceptors (Lipinski definition) is 6. The number of benzene rings is 1. The van der Waals surface area contributed by atoms with E-state index in [1.165, 1.54) is 12.1 Å². The zero-order valence-corrected chi connectivity index (χ0v) is 12.8. The second-order valence-corrected chi connectivity index (χ2v) is 4.89. The van der Waals surface area contributed by atoms with Gasteiger partial charge in [-0.1, -0.05) is 0 Å². The molecule has 2 rings (SSSR count). The van der Waals surface area contributed by atoms with Crippen molar-refractivity contribution in [3.8, 4) is 0 Å². The number of non-ortho nitro benzene ring substituents is 1. The molecule has 0 aliphatic heterocycles. The molecule has 0 aliphatic rings. The lowest BCUT2D eigenvalue weighted by molar-refractivity contribution is -0.384. The Bertz CT molecular complexity index is 684. The van der Waals surface area contributed by atoms with Crippen LogP contribution in [0.2, 0.25) is 0 Å². The van der Waals surface area contributed by atoms with E-state index in [1.54, 1.807) is 12.1 Å². The number of nitrogens with one attached hydrogen (secondary N) is 3. The number of nitro benzene ring substituents is 1. The van der Waals surface area contributed by atoms with Crippen molar-refractivity contribution in [1.29, 1.82) is 0 Å². The molecule has 0 aliphatic carbocycles. The number of rotatable bonds is 4. The van der Waals surface area contributed by atoms with E-state index < -0.39 is 4.92 Å². The lowest BCUT2D eigenvalue weighted by Crippen LogP contribution is -2.34. The average molecular weight is 318 g/mol. The van der Waals surface area contributed by atoms with Crippen LogP contribution in [0.5, 0.6) is 0 Å². The number of anilines is 2. The molecule has 1 aromatic carbocycles. The summed E-state index contributed by atoms with van der Waals surface area (Å²) in [5.41, 5.74) is 7.87.